The molecule has 8 heteroatoms. The van der Waals surface area contributed by atoms with Crippen LogP contribution in [0.2, 0.25) is 0 Å². The third-order valence-corrected chi connectivity index (χ3v) is 5.95. The van der Waals surface area contributed by atoms with E-state index < -0.39 is 12.0 Å². The molecule has 1 fully saturated rings. The maximum atomic E-state index is 13.2. The zero-order chi connectivity index (χ0) is 22.8. The Hall–Kier alpha value is -3.39. The molecule has 8 nitrogen and oxygen atoms in total. The fraction of sp³-hybridized carbons (Fsp3) is 0.375. The first kappa shape index (κ1) is 21.8. The van der Waals surface area contributed by atoms with Gasteiger partial charge in [-0.3, -0.25) is 14.5 Å². The lowest BCUT2D eigenvalue weighted by molar-refractivity contribution is -0.123. The van der Waals surface area contributed by atoms with Gasteiger partial charge in [-0.25, -0.2) is 9.69 Å². The van der Waals surface area contributed by atoms with Gasteiger partial charge in [-0.2, -0.15) is 0 Å². The average Bonchev–Trinajstić information content (AvgIpc) is 3.11. The molecule has 0 saturated carbocycles. The third kappa shape index (κ3) is 3.93. The van der Waals surface area contributed by atoms with E-state index in [4.69, 9.17) is 14.2 Å². The molecule has 0 radical (unpaired) electrons. The van der Waals surface area contributed by atoms with Crippen LogP contribution < -0.4 is 14.4 Å². The lowest BCUT2D eigenvalue weighted by Gasteiger charge is -2.32. The molecule has 2 aromatic carbocycles. The molecular weight excluding hydrogens is 412 g/mol. The normalized spacial score (nSPS) is 18.5. The van der Waals surface area contributed by atoms with Crippen molar-refractivity contribution in [3.05, 3.63) is 53.1 Å². The van der Waals surface area contributed by atoms with Gasteiger partial charge in [-0.15, -0.1) is 0 Å². The number of imide groups is 1. The first-order chi connectivity index (χ1) is 15.5. The van der Waals surface area contributed by atoms with Crippen LogP contribution in [0.4, 0.5) is 5.69 Å². The molecule has 0 bridgehead atoms. The quantitative estimate of drug-likeness (QED) is 0.506. The van der Waals surface area contributed by atoms with Gasteiger partial charge in [0.15, 0.2) is 11.5 Å². The number of methoxy groups -OCH3 is 2. The van der Waals surface area contributed by atoms with E-state index in [1.807, 2.05) is 17.0 Å². The number of anilines is 1. The van der Waals surface area contributed by atoms with E-state index >= 15 is 0 Å². The number of fused-ring (bicyclic) bond motifs is 1. The lowest BCUT2D eigenvalue weighted by Crippen LogP contribution is -2.44. The maximum absolute atomic E-state index is 13.2. The number of esters is 1. The van der Waals surface area contributed by atoms with Gasteiger partial charge in [0.05, 0.1) is 44.5 Å². The minimum Gasteiger partial charge on any atom is -0.493 e. The van der Waals surface area contributed by atoms with Gasteiger partial charge in [0.2, 0.25) is 5.91 Å². The van der Waals surface area contributed by atoms with E-state index in [1.165, 1.54) is 4.90 Å². The molecule has 0 spiro atoms. The number of amides is 2. The zero-order valence-electron chi connectivity index (χ0n) is 18.4. The van der Waals surface area contributed by atoms with Crippen molar-refractivity contribution in [1.29, 1.82) is 0 Å². The topological polar surface area (TPSA) is 85.4 Å². The molecule has 1 saturated heterocycles. The summed E-state index contributed by atoms with van der Waals surface area (Å²) in [5.41, 5.74) is 3.05. The fourth-order valence-corrected chi connectivity index (χ4v) is 4.30. The molecule has 32 heavy (non-hydrogen) atoms. The number of benzene rings is 2. The molecule has 4 rings (SSSR count). The van der Waals surface area contributed by atoms with E-state index in [9.17, 15) is 14.4 Å². The Balaban J connectivity index is 1.52. The van der Waals surface area contributed by atoms with E-state index in [0.717, 1.165) is 17.5 Å². The predicted molar refractivity (Wildman–Crippen MR) is 117 cm³/mol. The summed E-state index contributed by atoms with van der Waals surface area (Å²) in [4.78, 5) is 41.1. The number of rotatable bonds is 6. The van der Waals surface area contributed by atoms with Crippen molar-refractivity contribution in [3.63, 3.8) is 0 Å². The fourth-order valence-electron chi connectivity index (χ4n) is 4.30. The molecular formula is C24H26N2O6. The second-order valence-corrected chi connectivity index (χ2v) is 7.75. The Labute approximate surface area is 186 Å². The highest BCUT2D eigenvalue weighted by Crippen LogP contribution is 2.35. The first-order valence-corrected chi connectivity index (χ1v) is 10.6. The third-order valence-electron chi connectivity index (χ3n) is 5.95. The molecule has 1 atom stereocenters. The average molecular weight is 438 g/mol. The van der Waals surface area contributed by atoms with Gasteiger partial charge in [-0.1, -0.05) is 0 Å². The van der Waals surface area contributed by atoms with Crippen LogP contribution in [-0.4, -0.2) is 56.1 Å². The van der Waals surface area contributed by atoms with Gasteiger partial charge < -0.3 is 14.2 Å². The molecule has 0 aromatic heterocycles. The van der Waals surface area contributed by atoms with Crippen LogP contribution in [0.25, 0.3) is 0 Å². The minimum atomic E-state index is -0.520. The largest absolute Gasteiger partial charge is 0.493 e. The molecule has 2 amide bonds. The summed E-state index contributed by atoms with van der Waals surface area (Å²) in [6.07, 6.45) is 0.878. The number of hydrogen-bond donors (Lipinski definition) is 0. The summed E-state index contributed by atoms with van der Waals surface area (Å²) in [5.74, 6) is 0.398. The van der Waals surface area contributed by atoms with Gasteiger partial charge >= 0.3 is 5.97 Å². The minimum absolute atomic E-state index is 0.126. The van der Waals surface area contributed by atoms with Crippen molar-refractivity contribution >= 4 is 23.5 Å². The Morgan fingerprint density at radius 1 is 1.03 bits per heavy atom. The molecule has 2 aliphatic rings. The molecule has 0 aliphatic carbocycles. The first-order valence-electron chi connectivity index (χ1n) is 10.6. The van der Waals surface area contributed by atoms with E-state index in [1.54, 1.807) is 45.4 Å². The zero-order valence-corrected chi connectivity index (χ0v) is 18.4. The van der Waals surface area contributed by atoms with Crippen molar-refractivity contribution in [2.24, 2.45) is 0 Å². The van der Waals surface area contributed by atoms with Crippen molar-refractivity contribution in [3.8, 4) is 11.5 Å². The summed E-state index contributed by atoms with van der Waals surface area (Å²) in [7, 11) is 3.20. The molecule has 2 heterocycles. The van der Waals surface area contributed by atoms with E-state index in [0.29, 0.717) is 35.8 Å². The monoisotopic (exact) mass is 438 g/mol. The van der Waals surface area contributed by atoms with Crippen molar-refractivity contribution in [1.82, 2.24) is 4.90 Å². The van der Waals surface area contributed by atoms with Gasteiger partial charge in [-0.05, 0) is 60.9 Å². The SMILES string of the molecule is CCOC(=O)c1ccc(N2C(=O)CC(N3CCc4cc(OC)c(OC)cc4C3)C2=O)cc1. The maximum Gasteiger partial charge on any atom is 0.338 e. The van der Waals surface area contributed by atoms with E-state index in [2.05, 4.69) is 0 Å². The van der Waals surface area contributed by atoms with Crippen LogP contribution in [0.15, 0.2) is 36.4 Å². The molecule has 2 aliphatic heterocycles. The van der Waals surface area contributed by atoms with Gasteiger partial charge in [0, 0.05) is 13.1 Å². The molecule has 2 aromatic rings. The molecule has 0 N–H and O–H groups in total. The summed E-state index contributed by atoms with van der Waals surface area (Å²) < 4.78 is 15.8. The van der Waals surface area contributed by atoms with Crippen LogP contribution >= 0.6 is 0 Å². The summed E-state index contributed by atoms with van der Waals surface area (Å²) in [6, 6.07) is 9.74. The number of ether oxygens (including phenoxy) is 3. The second kappa shape index (κ2) is 9.00. The number of hydrogen-bond acceptors (Lipinski definition) is 7. The van der Waals surface area contributed by atoms with Crippen molar-refractivity contribution in [2.45, 2.75) is 32.4 Å². The van der Waals surface area contributed by atoms with Crippen LogP contribution in [0, 0.1) is 0 Å². The summed E-state index contributed by atoms with van der Waals surface area (Å²) >= 11 is 0. The van der Waals surface area contributed by atoms with Gasteiger partial charge in [0.1, 0.15) is 0 Å². The highest BCUT2D eigenvalue weighted by Gasteiger charge is 2.43. The van der Waals surface area contributed by atoms with Crippen molar-refractivity contribution in [2.75, 3.05) is 32.3 Å². The summed E-state index contributed by atoms with van der Waals surface area (Å²) in [6.45, 7) is 3.24. The smallest absolute Gasteiger partial charge is 0.338 e. The van der Waals surface area contributed by atoms with Crippen LogP contribution in [0.1, 0.15) is 34.8 Å². The van der Waals surface area contributed by atoms with Crippen molar-refractivity contribution < 1.29 is 28.6 Å². The molecule has 1 unspecified atom stereocenters. The van der Waals surface area contributed by atoms with Crippen LogP contribution in [-0.2, 0) is 27.3 Å². The predicted octanol–water partition coefficient (Wildman–Crippen LogP) is 2.57. The van der Waals surface area contributed by atoms with Crippen LogP contribution in [0.5, 0.6) is 11.5 Å². The number of carbonyl (C=O) groups excluding carboxylic acids is 3. The standard InChI is InChI=1S/C24H26N2O6/c1-4-32-24(29)15-5-7-18(8-6-15)26-22(27)13-19(23(26)28)25-10-9-16-11-20(30-2)21(31-3)12-17(16)14-25/h5-8,11-12,19H,4,9-10,13-14H2,1-3H3. The Morgan fingerprint density at radius 3 is 2.31 bits per heavy atom. The highest BCUT2D eigenvalue weighted by molar-refractivity contribution is 6.22. The number of carbonyl (C=O) groups is 3. The lowest BCUT2D eigenvalue weighted by atomic mass is 9.97. The highest BCUT2D eigenvalue weighted by atomic mass is 16.5. The molecule has 168 valence electrons. The Bertz CT molecular complexity index is 1050. The Kier molecular flexibility index (Phi) is 6.14. The van der Waals surface area contributed by atoms with Gasteiger partial charge in [0.25, 0.3) is 5.91 Å². The van der Waals surface area contributed by atoms with Crippen LogP contribution in [0.3, 0.4) is 0 Å². The number of nitrogens with zero attached hydrogens (tertiary/aromatic N) is 2. The summed E-state index contributed by atoms with van der Waals surface area (Å²) in [5, 5.41) is 0. The second-order valence-electron chi connectivity index (χ2n) is 7.75. The Morgan fingerprint density at radius 2 is 1.69 bits per heavy atom. The van der Waals surface area contributed by atoms with E-state index in [-0.39, 0.29) is 24.8 Å².